The Bertz CT molecular complexity index is 969. The third-order valence-electron chi connectivity index (χ3n) is 3.73. The van der Waals surface area contributed by atoms with Gasteiger partial charge in [0.25, 0.3) is 5.69 Å². The molecular formula is C18H15N3O4S. The molecule has 0 aliphatic heterocycles. The van der Waals surface area contributed by atoms with Crippen molar-refractivity contribution in [1.82, 2.24) is 4.98 Å². The molecule has 1 heterocycles. The third-order valence-corrected chi connectivity index (χ3v) is 4.67. The van der Waals surface area contributed by atoms with Crippen molar-refractivity contribution in [3.63, 3.8) is 0 Å². The number of amides is 1. The lowest BCUT2D eigenvalue weighted by Gasteiger charge is -2.02. The van der Waals surface area contributed by atoms with Crippen LogP contribution in [0.15, 0.2) is 48.5 Å². The number of nitro benzene ring substituents is 1. The Morgan fingerprint density at radius 3 is 2.62 bits per heavy atom. The number of benzene rings is 2. The van der Waals surface area contributed by atoms with Crippen molar-refractivity contribution in [3.8, 4) is 0 Å². The molecular weight excluding hydrogens is 354 g/mol. The Labute approximate surface area is 152 Å². The molecule has 0 spiro atoms. The number of anilines is 1. The Kier molecular flexibility index (Phi) is 5.33. The van der Waals surface area contributed by atoms with Crippen molar-refractivity contribution < 1.29 is 14.5 Å². The van der Waals surface area contributed by atoms with Crippen LogP contribution < -0.4 is 5.32 Å². The Morgan fingerprint density at radius 1 is 1.12 bits per heavy atom. The van der Waals surface area contributed by atoms with Crippen LogP contribution >= 0.6 is 11.3 Å². The van der Waals surface area contributed by atoms with Gasteiger partial charge in [0.05, 0.1) is 15.1 Å². The number of aromatic nitrogens is 1. The van der Waals surface area contributed by atoms with Gasteiger partial charge < -0.3 is 5.32 Å². The van der Waals surface area contributed by atoms with E-state index in [2.05, 4.69) is 10.3 Å². The third kappa shape index (κ3) is 4.28. The lowest BCUT2D eigenvalue weighted by molar-refractivity contribution is -0.384. The summed E-state index contributed by atoms with van der Waals surface area (Å²) in [5.74, 6) is -0.231. The summed E-state index contributed by atoms with van der Waals surface area (Å²) in [5, 5.41) is 13.9. The van der Waals surface area contributed by atoms with Crippen molar-refractivity contribution in [3.05, 3.63) is 64.2 Å². The second-order valence-corrected chi connectivity index (χ2v) is 6.65. The van der Waals surface area contributed by atoms with Gasteiger partial charge in [-0.1, -0.05) is 41.7 Å². The van der Waals surface area contributed by atoms with Crippen molar-refractivity contribution >= 4 is 44.1 Å². The monoisotopic (exact) mass is 369 g/mol. The Balaban J connectivity index is 1.54. The van der Waals surface area contributed by atoms with Crippen molar-refractivity contribution in [2.45, 2.75) is 19.3 Å². The van der Waals surface area contributed by atoms with Gasteiger partial charge in [0.15, 0.2) is 10.9 Å². The molecule has 0 unspecified atom stereocenters. The van der Waals surface area contributed by atoms with E-state index in [9.17, 15) is 19.7 Å². The zero-order valence-corrected chi connectivity index (χ0v) is 14.5. The molecule has 1 N–H and O–H groups in total. The average Bonchev–Trinajstić information content (AvgIpc) is 3.03. The average molecular weight is 369 g/mol. The first-order chi connectivity index (χ1) is 12.5. The number of carbonyl (C=O) groups excluding carboxylic acids is 2. The smallest absolute Gasteiger partial charge is 0.270 e. The molecule has 0 saturated carbocycles. The van der Waals surface area contributed by atoms with Crippen molar-refractivity contribution in [1.29, 1.82) is 0 Å². The van der Waals surface area contributed by atoms with E-state index < -0.39 is 4.92 Å². The minimum atomic E-state index is -0.471. The summed E-state index contributed by atoms with van der Waals surface area (Å²) in [7, 11) is 0. The van der Waals surface area contributed by atoms with Gasteiger partial charge in [0, 0.05) is 30.5 Å². The number of rotatable bonds is 7. The van der Waals surface area contributed by atoms with Gasteiger partial charge in [-0.2, -0.15) is 0 Å². The number of nitrogens with zero attached hydrogens (tertiary/aromatic N) is 2. The molecule has 3 aromatic rings. The van der Waals surface area contributed by atoms with Gasteiger partial charge in [0.2, 0.25) is 5.91 Å². The predicted octanol–water partition coefficient (Wildman–Crippen LogP) is 4.20. The summed E-state index contributed by atoms with van der Waals surface area (Å²) in [6, 6.07) is 13.3. The molecule has 0 fully saturated rings. The number of nitrogens with one attached hydrogen (secondary N) is 1. The van der Waals surface area contributed by atoms with E-state index in [1.165, 1.54) is 23.5 Å². The number of carbonyl (C=O) groups is 2. The molecule has 0 atom stereocenters. The Morgan fingerprint density at radius 2 is 1.88 bits per heavy atom. The number of thiazole rings is 1. The van der Waals surface area contributed by atoms with Crippen molar-refractivity contribution in [2.24, 2.45) is 0 Å². The summed E-state index contributed by atoms with van der Waals surface area (Å²) in [6.45, 7) is 0. The van der Waals surface area contributed by atoms with Gasteiger partial charge in [-0.3, -0.25) is 19.7 Å². The molecule has 7 nitrogen and oxygen atoms in total. The number of hydrogen-bond acceptors (Lipinski definition) is 6. The maximum atomic E-state index is 12.0. The van der Waals surface area contributed by atoms with Gasteiger partial charge in [-0.25, -0.2) is 4.98 Å². The molecule has 0 radical (unpaired) electrons. The summed E-state index contributed by atoms with van der Waals surface area (Å²) in [4.78, 5) is 38.6. The predicted molar refractivity (Wildman–Crippen MR) is 99.5 cm³/mol. The van der Waals surface area contributed by atoms with Crippen LogP contribution in [0.4, 0.5) is 10.8 Å². The molecule has 26 heavy (non-hydrogen) atoms. The number of fused-ring (bicyclic) bond motifs is 1. The molecule has 1 amide bonds. The first-order valence-electron chi connectivity index (χ1n) is 7.96. The SMILES string of the molecule is O=C(CCCC(=O)c1ccccc1)Nc1nc2ccc([N+](=O)[O-])cc2s1. The van der Waals surface area contributed by atoms with E-state index in [1.54, 1.807) is 30.3 Å². The topological polar surface area (TPSA) is 102 Å². The lowest BCUT2D eigenvalue weighted by atomic mass is 10.1. The quantitative estimate of drug-likeness (QED) is 0.382. The van der Waals surface area contributed by atoms with Gasteiger partial charge >= 0.3 is 0 Å². The van der Waals surface area contributed by atoms with E-state index in [0.29, 0.717) is 33.8 Å². The highest BCUT2D eigenvalue weighted by Gasteiger charge is 2.12. The van der Waals surface area contributed by atoms with Crippen LogP contribution in [0.3, 0.4) is 0 Å². The normalized spacial score (nSPS) is 10.6. The fourth-order valence-electron chi connectivity index (χ4n) is 2.44. The minimum absolute atomic E-state index is 0.00527. The second-order valence-electron chi connectivity index (χ2n) is 5.62. The number of non-ortho nitro benzene ring substituents is 1. The van der Waals surface area contributed by atoms with Gasteiger partial charge in [-0.05, 0) is 12.5 Å². The summed E-state index contributed by atoms with van der Waals surface area (Å²) in [5.41, 5.74) is 1.22. The molecule has 132 valence electrons. The summed E-state index contributed by atoms with van der Waals surface area (Å²) < 4.78 is 0.633. The molecule has 2 aromatic carbocycles. The Hall–Kier alpha value is -3.13. The first-order valence-corrected chi connectivity index (χ1v) is 8.77. The van der Waals surface area contributed by atoms with Crippen LogP contribution in [0.5, 0.6) is 0 Å². The fourth-order valence-corrected chi connectivity index (χ4v) is 3.36. The fraction of sp³-hybridized carbons (Fsp3) is 0.167. The summed E-state index contributed by atoms with van der Waals surface area (Å²) >= 11 is 1.18. The molecule has 0 saturated heterocycles. The van der Waals surface area contributed by atoms with E-state index in [1.807, 2.05) is 6.07 Å². The maximum absolute atomic E-state index is 12.0. The van der Waals surface area contributed by atoms with Gasteiger partial charge in [0.1, 0.15) is 0 Å². The van der Waals surface area contributed by atoms with Gasteiger partial charge in [-0.15, -0.1) is 0 Å². The number of ketones is 1. The van der Waals surface area contributed by atoms with Crippen molar-refractivity contribution in [2.75, 3.05) is 5.32 Å². The molecule has 1 aromatic heterocycles. The lowest BCUT2D eigenvalue weighted by Crippen LogP contribution is -2.11. The number of hydrogen-bond donors (Lipinski definition) is 1. The van der Waals surface area contributed by atoms with Crippen LogP contribution in [0.2, 0.25) is 0 Å². The van der Waals surface area contributed by atoms with E-state index >= 15 is 0 Å². The molecule has 0 aliphatic rings. The highest BCUT2D eigenvalue weighted by molar-refractivity contribution is 7.22. The second kappa shape index (κ2) is 7.83. The van der Waals surface area contributed by atoms with E-state index in [4.69, 9.17) is 0 Å². The van der Waals surface area contributed by atoms with Crippen LogP contribution in [-0.2, 0) is 4.79 Å². The van der Waals surface area contributed by atoms with E-state index in [-0.39, 0.29) is 23.8 Å². The minimum Gasteiger partial charge on any atom is -0.302 e. The van der Waals surface area contributed by atoms with Crippen LogP contribution in [0.1, 0.15) is 29.6 Å². The number of Topliss-reactive ketones (excluding diaryl/α,β-unsaturated/α-hetero) is 1. The molecule has 8 heteroatoms. The number of nitro groups is 1. The molecule has 3 rings (SSSR count). The zero-order chi connectivity index (χ0) is 18.5. The van der Waals surface area contributed by atoms with Crippen LogP contribution in [0, 0.1) is 10.1 Å². The van der Waals surface area contributed by atoms with E-state index in [0.717, 1.165) is 0 Å². The highest BCUT2D eigenvalue weighted by Crippen LogP contribution is 2.29. The zero-order valence-electron chi connectivity index (χ0n) is 13.7. The highest BCUT2D eigenvalue weighted by atomic mass is 32.1. The largest absolute Gasteiger partial charge is 0.302 e. The molecule has 0 bridgehead atoms. The summed E-state index contributed by atoms with van der Waals surface area (Å²) in [6.07, 6.45) is 0.939. The van der Waals surface area contributed by atoms with Crippen LogP contribution in [-0.4, -0.2) is 21.6 Å². The molecule has 0 aliphatic carbocycles. The van der Waals surface area contributed by atoms with Crippen LogP contribution in [0.25, 0.3) is 10.2 Å². The maximum Gasteiger partial charge on any atom is 0.270 e. The standard InChI is InChI=1S/C18H15N3O4S/c22-15(12-5-2-1-3-6-12)7-4-8-17(23)20-18-19-14-10-9-13(21(24)25)11-16(14)26-18/h1-3,5-6,9-11H,4,7-8H2,(H,19,20,23). The first kappa shape index (κ1) is 17.7.